The van der Waals surface area contributed by atoms with Gasteiger partial charge in [-0.1, -0.05) is 51.4 Å². The van der Waals surface area contributed by atoms with Crippen molar-refractivity contribution >= 4 is 81.5 Å². The Balaban J connectivity index is 0.000000169. The molecule has 4 N–H and O–H groups in total. The summed E-state index contributed by atoms with van der Waals surface area (Å²) in [6.45, 7) is 14.1. The highest BCUT2D eigenvalue weighted by Crippen LogP contribution is 2.37. The van der Waals surface area contributed by atoms with Crippen LogP contribution in [0.3, 0.4) is 0 Å². The number of carboxylic acid groups (broad SMARTS) is 1. The number of carbonyl (C=O) groups excluding carboxylic acids is 5. The number of nitrogens with zero attached hydrogens (tertiary/aromatic N) is 13. The number of aromatic nitrogens is 8. The van der Waals surface area contributed by atoms with Crippen LogP contribution in [-0.4, -0.2) is 194 Å². The van der Waals surface area contributed by atoms with Gasteiger partial charge < -0.3 is 54.4 Å². The predicted molar refractivity (Wildman–Crippen MR) is 345 cm³/mol. The van der Waals surface area contributed by atoms with E-state index in [0.29, 0.717) is 65.7 Å². The Hall–Kier alpha value is -8.48. The highest BCUT2D eigenvalue weighted by atomic mass is 16.6. The van der Waals surface area contributed by atoms with E-state index in [2.05, 4.69) is 45.0 Å². The van der Waals surface area contributed by atoms with Crippen LogP contribution in [0.15, 0.2) is 61.2 Å². The van der Waals surface area contributed by atoms with Crippen LogP contribution in [0.25, 0.3) is 22.1 Å². The molecular formula is C66H90N16O9. The number of aromatic carboxylic acids is 1. The normalized spacial score (nSPS) is 20.3. The summed E-state index contributed by atoms with van der Waals surface area (Å²) in [5.74, 6) is 0.443. The first-order valence-electron chi connectivity index (χ1n) is 32.3. The second-order valence-corrected chi connectivity index (χ2v) is 27.3. The first-order chi connectivity index (χ1) is 43.4. The number of fused-ring (bicyclic) bond motifs is 6. The molecule has 12 rings (SSSR count). The number of amides is 5. The first kappa shape index (κ1) is 65.5. The molecule has 6 aliphatic rings. The van der Waals surface area contributed by atoms with Crippen LogP contribution in [-0.2, 0) is 9.47 Å². The summed E-state index contributed by atoms with van der Waals surface area (Å²) < 4.78 is 15.2. The van der Waals surface area contributed by atoms with E-state index >= 15 is 0 Å². The zero-order valence-electron chi connectivity index (χ0n) is 54.4. The number of carbonyl (C=O) groups is 6. The maximum Gasteiger partial charge on any atom is 0.410 e. The Bertz CT molecular complexity index is 3550. The molecule has 25 nitrogen and oxygen atoms in total. The van der Waals surface area contributed by atoms with Gasteiger partial charge in [0.2, 0.25) is 11.9 Å². The number of rotatable bonds is 10. The van der Waals surface area contributed by atoms with Crippen molar-refractivity contribution in [2.45, 2.75) is 192 Å². The number of hydrogen-bond acceptors (Lipinski definition) is 17. The lowest BCUT2D eigenvalue weighted by molar-refractivity contribution is -0.00341. The van der Waals surface area contributed by atoms with Gasteiger partial charge >= 0.3 is 18.2 Å². The van der Waals surface area contributed by atoms with Gasteiger partial charge in [0.05, 0.1) is 23.2 Å². The van der Waals surface area contributed by atoms with Crippen molar-refractivity contribution in [3.05, 3.63) is 83.7 Å². The second kappa shape index (κ2) is 27.9. The fraction of sp³-hybridized carbons (Fsp3) is 0.576. The highest BCUT2D eigenvalue weighted by Gasteiger charge is 2.46. The molecular weight excluding hydrogens is 1160 g/mol. The maximum absolute atomic E-state index is 13.4. The Morgan fingerprint density at radius 2 is 0.912 bits per heavy atom. The average Bonchev–Trinajstić information content (AvgIpc) is 1.77. The summed E-state index contributed by atoms with van der Waals surface area (Å²) in [5.41, 5.74) is 2.36. The molecule has 4 aliphatic heterocycles. The van der Waals surface area contributed by atoms with Gasteiger partial charge in [0.25, 0.3) is 17.7 Å². The molecule has 0 spiro atoms. The van der Waals surface area contributed by atoms with Gasteiger partial charge in [-0.15, -0.1) is 0 Å². The number of carboxylic acids is 1. The van der Waals surface area contributed by atoms with E-state index in [4.69, 9.17) is 24.5 Å². The largest absolute Gasteiger partial charge is 0.478 e. The third-order valence-corrected chi connectivity index (χ3v) is 17.6. The number of ether oxygens (including phenoxy) is 2. The van der Waals surface area contributed by atoms with Crippen LogP contribution in [0.4, 0.5) is 33.1 Å². The average molecular weight is 1250 g/mol. The van der Waals surface area contributed by atoms with Crippen molar-refractivity contribution in [1.82, 2.24) is 68.9 Å². The molecule has 0 aromatic carbocycles. The van der Waals surface area contributed by atoms with Crippen molar-refractivity contribution < 1.29 is 43.3 Å². The molecule has 2 aliphatic carbocycles. The number of hydrogen-bond donors (Lipinski definition) is 4. The standard InChI is InChI=1S/C33H44N8O4.C22H26N6O3.C11H20N2O2/c1-33(2,3)45-32(44)40-24-13-14-25(40)20-39(19-24)29(42)21-12-15-27(34-17-21)36-31-35-18-22-16-26(30(43)38(4)5)41(28(22)37-31)23-10-8-6-7-9-11-23;1-27(2)20(29)17-11-15-13-24-22(25-18-10-9-14(12-23-18)21(30)31)26-19(15)28(17)16-7-5-3-4-6-8-16;1-11(2,3)15-10(14)13-8-4-5-9(13)7-12-6-8/h12,15-18,23-25H,6-11,13-14,19-20H2,1-5H3,(H,34,35,36,37);9-13,16H,3-8H2,1-2H3,(H,30,31)(H,23,24,25,26);8-9,12H,4-7H2,1-3H3. The molecule has 4 saturated heterocycles. The lowest BCUT2D eigenvalue weighted by Crippen LogP contribution is -2.57. The van der Waals surface area contributed by atoms with Crippen LogP contribution in [0, 0.1) is 0 Å². The second-order valence-electron chi connectivity index (χ2n) is 27.3. The topological polar surface area (TPSA) is 281 Å². The van der Waals surface area contributed by atoms with Crippen LogP contribution >= 0.6 is 0 Å². The van der Waals surface area contributed by atoms with E-state index in [1.165, 1.54) is 37.9 Å². The predicted octanol–water partition coefficient (Wildman–Crippen LogP) is 10.6. The summed E-state index contributed by atoms with van der Waals surface area (Å²) in [6.07, 6.45) is 23.2. The van der Waals surface area contributed by atoms with Gasteiger partial charge in [-0.3, -0.25) is 24.2 Å². The van der Waals surface area contributed by atoms with E-state index in [9.17, 15) is 28.8 Å². The van der Waals surface area contributed by atoms with Crippen molar-refractivity contribution in [1.29, 1.82) is 0 Å². The molecule has 4 unspecified atom stereocenters. The summed E-state index contributed by atoms with van der Waals surface area (Å²) >= 11 is 0. The molecule has 2 saturated carbocycles. The van der Waals surface area contributed by atoms with Crippen LogP contribution in [0.2, 0.25) is 0 Å². The van der Waals surface area contributed by atoms with Gasteiger partial charge in [-0.05, 0) is 129 Å². The van der Waals surface area contributed by atoms with Crippen molar-refractivity contribution in [2.75, 3.05) is 65.0 Å². The zero-order chi connectivity index (χ0) is 64.9. The van der Waals surface area contributed by atoms with E-state index in [0.717, 1.165) is 112 Å². The fourth-order valence-corrected chi connectivity index (χ4v) is 13.4. The van der Waals surface area contributed by atoms with Crippen molar-refractivity contribution in [3.8, 4) is 0 Å². The van der Waals surface area contributed by atoms with Gasteiger partial charge in [0, 0.05) is 114 Å². The van der Waals surface area contributed by atoms with Crippen LogP contribution < -0.4 is 16.0 Å². The zero-order valence-corrected chi connectivity index (χ0v) is 54.4. The SMILES string of the molecule is CC(C)(C)OC(=O)N1C2CCC1CNC2.CN(C)C(=O)c1cc2cnc(Nc3ccc(C(=O)N4CC5CCC(C4)N5C(=O)OC(C)(C)C)cn3)nc2n1C1CCCCCC1.CN(C)C(=O)c1cc2cnc(Nc3ccc(C(=O)O)cn3)nc2n1C1CCCCCC1. The molecule has 0 radical (unpaired) electrons. The van der Waals surface area contributed by atoms with Gasteiger partial charge in [0.1, 0.15) is 45.5 Å². The lowest BCUT2D eigenvalue weighted by Gasteiger charge is -2.41. The number of anilines is 4. The maximum atomic E-state index is 13.4. The summed E-state index contributed by atoms with van der Waals surface area (Å²) in [4.78, 5) is 111. The number of pyridine rings is 2. The molecule has 4 bridgehead atoms. The van der Waals surface area contributed by atoms with E-state index in [1.807, 2.05) is 68.4 Å². The Morgan fingerprint density at radius 3 is 1.29 bits per heavy atom. The summed E-state index contributed by atoms with van der Waals surface area (Å²) in [5, 5.41) is 20.2. The van der Waals surface area contributed by atoms with Crippen molar-refractivity contribution in [3.63, 3.8) is 0 Å². The molecule has 91 heavy (non-hydrogen) atoms. The highest BCUT2D eigenvalue weighted by molar-refractivity contribution is 5.99. The van der Waals surface area contributed by atoms with E-state index < -0.39 is 11.6 Å². The minimum Gasteiger partial charge on any atom is -0.478 e. The summed E-state index contributed by atoms with van der Waals surface area (Å²) in [7, 11) is 7.04. The monoisotopic (exact) mass is 1250 g/mol. The molecule has 488 valence electrons. The quantitative estimate of drug-likeness (QED) is 0.0928. The van der Waals surface area contributed by atoms with Gasteiger partial charge in [0.15, 0.2) is 0 Å². The summed E-state index contributed by atoms with van der Waals surface area (Å²) in [6, 6.07) is 11.3. The fourth-order valence-electron chi connectivity index (χ4n) is 13.4. The molecule has 5 amide bonds. The Labute approximate surface area is 532 Å². The third-order valence-electron chi connectivity index (χ3n) is 17.6. The molecule has 4 atom stereocenters. The molecule has 10 heterocycles. The number of nitrogens with one attached hydrogen (secondary N) is 3. The van der Waals surface area contributed by atoms with Crippen LogP contribution in [0.5, 0.6) is 0 Å². The van der Waals surface area contributed by atoms with Gasteiger partial charge in [-0.25, -0.2) is 34.3 Å². The first-order valence-corrected chi connectivity index (χ1v) is 32.3. The number of piperazine rings is 2. The van der Waals surface area contributed by atoms with E-state index in [-0.39, 0.29) is 65.2 Å². The van der Waals surface area contributed by atoms with E-state index in [1.54, 1.807) is 74.8 Å². The Morgan fingerprint density at radius 1 is 0.516 bits per heavy atom. The third kappa shape index (κ3) is 15.6. The Kier molecular flexibility index (Phi) is 20.1. The number of likely N-dealkylation sites (tertiary alicyclic amines) is 1. The van der Waals surface area contributed by atoms with Crippen molar-refractivity contribution in [2.24, 2.45) is 0 Å². The minimum absolute atomic E-state index is 0.0472. The van der Waals surface area contributed by atoms with Crippen LogP contribution in [0.1, 0.15) is 198 Å². The van der Waals surface area contributed by atoms with Gasteiger partial charge in [-0.2, -0.15) is 9.97 Å². The molecule has 6 fully saturated rings. The molecule has 25 heteroatoms. The lowest BCUT2D eigenvalue weighted by atomic mass is 10.1. The smallest absolute Gasteiger partial charge is 0.410 e. The molecule has 6 aromatic heterocycles. The minimum atomic E-state index is -1.03. The molecule has 6 aromatic rings.